The van der Waals surface area contributed by atoms with Crippen LogP contribution in [0.1, 0.15) is 31.7 Å². The summed E-state index contributed by atoms with van der Waals surface area (Å²) in [6, 6.07) is 6.13. The maximum absolute atomic E-state index is 13.1. The van der Waals surface area contributed by atoms with Crippen LogP contribution in [0.5, 0.6) is 0 Å². The predicted molar refractivity (Wildman–Crippen MR) is 94.2 cm³/mol. The summed E-state index contributed by atoms with van der Waals surface area (Å²) >= 11 is 1.55. The minimum Gasteiger partial charge on any atom is -0.338 e. The zero-order chi connectivity index (χ0) is 17.7. The number of carbonyl (C=O) groups is 2. The lowest BCUT2D eigenvalue weighted by molar-refractivity contribution is -0.129. The zero-order valence-corrected chi connectivity index (χ0v) is 15.1. The van der Waals surface area contributed by atoms with E-state index >= 15 is 0 Å². The maximum atomic E-state index is 13.1. The number of thioether (sulfide) groups is 1. The van der Waals surface area contributed by atoms with Crippen LogP contribution in [0.3, 0.4) is 0 Å². The Bertz CT molecular complexity index is 582. The van der Waals surface area contributed by atoms with Crippen LogP contribution < -0.4 is 5.32 Å². The van der Waals surface area contributed by atoms with E-state index in [1.165, 1.54) is 12.1 Å². The number of urea groups is 1. The van der Waals surface area contributed by atoms with Crippen LogP contribution in [0.4, 0.5) is 9.18 Å². The smallest absolute Gasteiger partial charge is 0.317 e. The Balaban J connectivity index is 2.08. The summed E-state index contributed by atoms with van der Waals surface area (Å²) in [4.78, 5) is 27.9. The molecule has 7 heteroatoms. The van der Waals surface area contributed by atoms with Crippen LogP contribution in [-0.2, 0) is 4.79 Å². The second-order valence-electron chi connectivity index (χ2n) is 5.63. The second kappa shape index (κ2) is 8.37. The van der Waals surface area contributed by atoms with Gasteiger partial charge in [-0.25, -0.2) is 9.18 Å². The fraction of sp³-hybridized carbons (Fsp3) is 0.529. The molecule has 0 spiro atoms. The monoisotopic (exact) mass is 353 g/mol. The zero-order valence-electron chi connectivity index (χ0n) is 14.3. The van der Waals surface area contributed by atoms with Crippen LogP contribution in [0.25, 0.3) is 0 Å². The first-order valence-corrected chi connectivity index (χ1v) is 9.16. The molecule has 1 heterocycles. The normalized spacial score (nSPS) is 20.3. The van der Waals surface area contributed by atoms with Crippen molar-refractivity contribution in [2.45, 2.75) is 31.4 Å². The molecule has 132 valence electrons. The van der Waals surface area contributed by atoms with Crippen molar-refractivity contribution in [3.8, 4) is 0 Å². The van der Waals surface area contributed by atoms with E-state index in [-0.39, 0.29) is 28.4 Å². The van der Waals surface area contributed by atoms with Crippen LogP contribution in [0, 0.1) is 5.82 Å². The number of amides is 3. The highest BCUT2D eigenvalue weighted by molar-refractivity contribution is 8.01. The molecule has 1 aliphatic heterocycles. The Morgan fingerprint density at radius 2 is 2.00 bits per heavy atom. The molecule has 2 atom stereocenters. The van der Waals surface area contributed by atoms with Crippen molar-refractivity contribution in [1.29, 1.82) is 0 Å². The number of carbonyl (C=O) groups excluding carboxylic acids is 2. The minimum absolute atomic E-state index is 0.0567. The molecule has 24 heavy (non-hydrogen) atoms. The van der Waals surface area contributed by atoms with Crippen LogP contribution >= 0.6 is 11.8 Å². The SMILES string of the molecule is CCNC(=O)N(CC)CCN1C(=O)[C@@H](C)S[C@@H]1c1ccc(F)cc1. The Hall–Kier alpha value is -1.76. The molecule has 0 radical (unpaired) electrons. The molecule has 1 fully saturated rings. The van der Waals surface area contributed by atoms with Gasteiger partial charge in [0.15, 0.2) is 0 Å². The molecule has 0 aromatic heterocycles. The van der Waals surface area contributed by atoms with Crippen LogP contribution in [0.2, 0.25) is 0 Å². The van der Waals surface area contributed by atoms with E-state index in [2.05, 4.69) is 5.32 Å². The Kier molecular flexibility index (Phi) is 6.48. The van der Waals surface area contributed by atoms with Crippen LogP contribution in [0.15, 0.2) is 24.3 Å². The first-order valence-electron chi connectivity index (χ1n) is 8.22. The third-order valence-electron chi connectivity index (χ3n) is 4.01. The molecule has 0 unspecified atom stereocenters. The van der Waals surface area contributed by atoms with E-state index in [1.54, 1.807) is 33.7 Å². The van der Waals surface area contributed by atoms with Gasteiger partial charge in [-0.05, 0) is 38.5 Å². The Morgan fingerprint density at radius 3 is 2.58 bits per heavy atom. The van der Waals surface area contributed by atoms with Gasteiger partial charge in [0.05, 0.1) is 5.25 Å². The fourth-order valence-corrected chi connectivity index (χ4v) is 3.99. The number of rotatable bonds is 6. The van der Waals surface area contributed by atoms with E-state index in [0.717, 1.165) is 5.56 Å². The van der Waals surface area contributed by atoms with Gasteiger partial charge < -0.3 is 15.1 Å². The lowest BCUT2D eigenvalue weighted by atomic mass is 10.2. The Labute approximate surface area is 146 Å². The first kappa shape index (κ1) is 18.6. The number of nitrogens with one attached hydrogen (secondary N) is 1. The van der Waals surface area contributed by atoms with E-state index in [1.807, 2.05) is 20.8 Å². The van der Waals surface area contributed by atoms with Crippen molar-refractivity contribution in [3.63, 3.8) is 0 Å². The number of benzene rings is 1. The lowest BCUT2D eigenvalue weighted by Crippen LogP contribution is -2.44. The number of likely N-dealkylation sites (N-methyl/N-ethyl adjacent to an activating group) is 1. The number of hydrogen-bond acceptors (Lipinski definition) is 3. The van der Waals surface area contributed by atoms with Gasteiger partial charge in [0.2, 0.25) is 5.91 Å². The van der Waals surface area contributed by atoms with Crippen LogP contribution in [-0.4, -0.2) is 53.2 Å². The van der Waals surface area contributed by atoms with Crippen molar-refractivity contribution in [1.82, 2.24) is 15.1 Å². The largest absolute Gasteiger partial charge is 0.338 e. The average molecular weight is 353 g/mol. The van der Waals surface area contributed by atoms with Crippen molar-refractivity contribution in [2.24, 2.45) is 0 Å². The summed E-state index contributed by atoms with van der Waals surface area (Å²) in [5.41, 5.74) is 0.903. The third-order valence-corrected chi connectivity index (χ3v) is 5.40. The van der Waals surface area contributed by atoms with Gasteiger partial charge in [-0.1, -0.05) is 12.1 Å². The van der Waals surface area contributed by atoms with E-state index in [9.17, 15) is 14.0 Å². The van der Waals surface area contributed by atoms with Gasteiger partial charge in [-0.15, -0.1) is 11.8 Å². The van der Waals surface area contributed by atoms with Gasteiger partial charge in [0.25, 0.3) is 0 Å². The van der Waals surface area contributed by atoms with E-state index in [4.69, 9.17) is 0 Å². The van der Waals surface area contributed by atoms with Crippen molar-refractivity contribution in [3.05, 3.63) is 35.6 Å². The summed E-state index contributed by atoms with van der Waals surface area (Å²) < 4.78 is 13.1. The highest BCUT2D eigenvalue weighted by atomic mass is 32.2. The second-order valence-corrected chi connectivity index (χ2v) is 7.05. The van der Waals surface area contributed by atoms with Gasteiger partial charge >= 0.3 is 6.03 Å². The van der Waals surface area contributed by atoms with E-state index in [0.29, 0.717) is 26.2 Å². The predicted octanol–water partition coefficient (Wildman–Crippen LogP) is 2.84. The summed E-state index contributed by atoms with van der Waals surface area (Å²) in [6.45, 7) is 7.75. The molecule has 1 N–H and O–H groups in total. The molecule has 5 nitrogen and oxygen atoms in total. The van der Waals surface area contributed by atoms with Crippen molar-refractivity contribution in [2.75, 3.05) is 26.2 Å². The number of nitrogens with zero attached hydrogens (tertiary/aromatic N) is 2. The lowest BCUT2D eigenvalue weighted by Gasteiger charge is -2.28. The topological polar surface area (TPSA) is 52.7 Å². The molecular weight excluding hydrogens is 329 g/mol. The molecule has 1 aromatic carbocycles. The summed E-state index contributed by atoms with van der Waals surface area (Å²) in [5.74, 6) is -0.234. The molecule has 3 amide bonds. The van der Waals surface area contributed by atoms with Gasteiger partial charge in [0.1, 0.15) is 11.2 Å². The quantitative estimate of drug-likeness (QED) is 0.856. The molecular formula is C17H24FN3O2S. The molecule has 1 saturated heterocycles. The summed E-state index contributed by atoms with van der Waals surface area (Å²) in [5, 5.41) is 2.50. The molecule has 1 aromatic rings. The molecule has 0 aliphatic carbocycles. The highest BCUT2D eigenvalue weighted by Crippen LogP contribution is 2.42. The molecule has 2 rings (SSSR count). The van der Waals surface area contributed by atoms with E-state index < -0.39 is 0 Å². The van der Waals surface area contributed by atoms with Crippen molar-refractivity contribution < 1.29 is 14.0 Å². The standard InChI is InChI=1S/C17H24FN3O2S/c1-4-19-17(23)20(5-2)10-11-21-15(22)12(3)24-16(21)13-6-8-14(18)9-7-13/h6-9,12,16H,4-5,10-11H2,1-3H3,(H,19,23)/t12-,16-/m1/s1. The summed E-state index contributed by atoms with van der Waals surface area (Å²) in [7, 11) is 0. The first-order chi connectivity index (χ1) is 11.5. The molecule has 1 aliphatic rings. The van der Waals surface area contributed by atoms with Gasteiger partial charge in [-0.3, -0.25) is 4.79 Å². The number of hydrogen-bond donors (Lipinski definition) is 1. The minimum atomic E-state index is -0.291. The molecule has 0 saturated carbocycles. The average Bonchev–Trinajstić information content (AvgIpc) is 2.84. The summed E-state index contributed by atoms with van der Waals surface area (Å²) in [6.07, 6.45) is 0. The maximum Gasteiger partial charge on any atom is 0.317 e. The van der Waals surface area contributed by atoms with Crippen molar-refractivity contribution >= 4 is 23.7 Å². The highest BCUT2D eigenvalue weighted by Gasteiger charge is 2.38. The Morgan fingerprint density at radius 1 is 1.33 bits per heavy atom. The van der Waals surface area contributed by atoms with Gasteiger partial charge in [0, 0.05) is 26.2 Å². The third kappa shape index (κ3) is 4.20. The fourth-order valence-electron chi connectivity index (χ4n) is 2.68. The van der Waals surface area contributed by atoms with Gasteiger partial charge in [-0.2, -0.15) is 0 Å². The molecule has 0 bridgehead atoms. The number of halogens is 1.